The highest BCUT2D eigenvalue weighted by atomic mass is 79.9. The van der Waals surface area contributed by atoms with Gasteiger partial charge in [-0.2, -0.15) is 0 Å². The molecule has 1 rings (SSSR count). The van der Waals surface area contributed by atoms with E-state index in [0.29, 0.717) is 0 Å². The lowest BCUT2D eigenvalue weighted by atomic mass is 10.0. The van der Waals surface area contributed by atoms with E-state index in [2.05, 4.69) is 21.2 Å². The van der Waals surface area contributed by atoms with Gasteiger partial charge in [0.25, 0.3) is 5.91 Å². The summed E-state index contributed by atoms with van der Waals surface area (Å²) in [7, 11) is 0. The van der Waals surface area contributed by atoms with Gasteiger partial charge in [-0.3, -0.25) is 4.79 Å². The van der Waals surface area contributed by atoms with Gasteiger partial charge in [0, 0.05) is 0 Å². The molecule has 1 aromatic rings. The van der Waals surface area contributed by atoms with E-state index in [-0.39, 0.29) is 4.47 Å². The maximum Gasteiger partial charge on any atom is 0.254 e. The number of benzene rings is 1. The van der Waals surface area contributed by atoms with Gasteiger partial charge < -0.3 is 15.5 Å². The molecule has 4 nitrogen and oxygen atoms in total. The summed E-state index contributed by atoms with van der Waals surface area (Å²) in [6, 6.07) is 1.63. The van der Waals surface area contributed by atoms with Gasteiger partial charge in [0.05, 0.1) is 28.8 Å². The minimum Gasteiger partial charge on any atom is -0.394 e. The van der Waals surface area contributed by atoms with Crippen LogP contribution >= 0.6 is 15.9 Å². The molecule has 0 fully saturated rings. The van der Waals surface area contributed by atoms with Crippen LogP contribution in [0.15, 0.2) is 16.6 Å². The molecule has 7 heteroatoms. The monoisotopic (exact) mass is 323 g/mol. The first kappa shape index (κ1) is 15.0. The van der Waals surface area contributed by atoms with Crippen molar-refractivity contribution >= 4 is 21.8 Å². The Labute approximate surface area is 111 Å². The van der Waals surface area contributed by atoms with Gasteiger partial charge in [-0.1, -0.05) is 0 Å². The van der Waals surface area contributed by atoms with E-state index in [4.69, 9.17) is 10.2 Å². The number of hydrogen-bond donors (Lipinski definition) is 3. The zero-order valence-corrected chi connectivity index (χ0v) is 11.1. The Morgan fingerprint density at radius 1 is 1.39 bits per heavy atom. The van der Waals surface area contributed by atoms with Gasteiger partial charge in [0.15, 0.2) is 0 Å². The van der Waals surface area contributed by atoms with Gasteiger partial charge in [0.1, 0.15) is 11.6 Å². The predicted molar refractivity (Wildman–Crippen MR) is 64.1 cm³/mol. The molecular formula is C11H12BrF2NO3. The van der Waals surface area contributed by atoms with Crippen LogP contribution in [0.4, 0.5) is 8.78 Å². The lowest BCUT2D eigenvalue weighted by Gasteiger charge is -2.26. The molecule has 0 radical (unpaired) electrons. The van der Waals surface area contributed by atoms with E-state index in [0.717, 1.165) is 12.1 Å². The zero-order valence-electron chi connectivity index (χ0n) is 9.51. The Morgan fingerprint density at radius 3 is 2.44 bits per heavy atom. The minimum atomic E-state index is -1.30. The molecule has 0 spiro atoms. The van der Waals surface area contributed by atoms with Gasteiger partial charge in [-0.15, -0.1) is 0 Å². The molecule has 0 heterocycles. The molecule has 100 valence electrons. The van der Waals surface area contributed by atoms with Crippen molar-refractivity contribution in [3.8, 4) is 0 Å². The molecule has 3 N–H and O–H groups in total. The fourth-order valence-electron chi connectivity index (χ4n) is 1.19. The van der Waals surface area contributed by atoms with Crippen molar-refractivity contribution < 1.29 is 23.8 Å². The predicted octanol–water partition coefficient (Wildman–Crippen LogP) is 1.20. The summed E-state index contributed by atoms with van der Waals surface area (Å²) >= 11 is 2.79. The smallest absolute Gasteiger partial charge is 0.254 e. The number of nitrogens with one attached hydrogen (secondary N) is 1. The second-order valence-corrected chi connectivity index (χ2v) is 4.93. The third-order valence-corrected chi connectivity index (χ3v) is 2.93. The lowest BCUT2D eigenvalue weighted by Crippen LogP contribution is -2.51. The molecule has 0 aliphatic carbocycles. The van der Waals surface area contributed by atoms with Crippen LogP contribution in [0.3, 0.4) is 0 Å². The van der Waals surface area contributed by atoms with Crippen LogP contribution in [-0.2, 0) is 0 Å². The fourth-order valence-corrected chi connectivity index (χ4v) is 1.62. The van der Waals surface area contributed by atoms with Gasteiger partial charge >= 0.3 is 0 Å². The lowest BCUT2D eigenvalue weighted by molar-refractivity contribution is 0.0720. The molecule has 0 aliphatic heterocycles. The maximum absolute atomic E-state index is 13.6. The first-order valence-electron chi connectivity index (χ1n) is 5.02. The molecule has 0 saturated carbocycles. The summed E-state index contributed by atoms with van der Waals surface area (Å²) in [5.41, 5.74) is -1.81. The quantitative estimate of drug-likeness (QED) is 0.729. The van der Waals surface area contributed by atoms with E-state index in [9.17, 15) is 13.6 Å². The topological polar surface area (TPSA) is 69.6 Å². The number of aliphatic hydroxyl groups excluding tert-OH is 2. The Morgan fingerprint density at radius 2 is 1.94 bits per heavy atom. The average molecular weight is 324 g/mol. The summed E-state index contributed by atoms with van der Waals surface area (Å²) in [4.78, 5) is 11.7. The normalized spacial score (nSPS) is 11.4. The van der Waals surface area contributed by atoms with Crippen molar-refractivity contribution in [3.63, 3.8) is 0 Å². The number of carbonyl (C=O) groups excluding carboxylic acids is 1. The second-order valence-electron chi connectivity index (χ2n) is 4.08. The zero-order chi connectivity index (χ0) is 13.9. The highest BCUT2D eigenvalue weighted by molar-refractivity contribution is 9.10. The standard InChI is InChI=1S/C11H12BrF2NO3/c1-11(4-16,5-17)15-10(18)7-2-6(13)3-8(12)9(7)14/h2-3,16-17H,4-5H2,1H3,(H,15,18). The fraction of sp³-hybridized carbons (Fsp3) is 0.364. The molecule has 0 atom stereocenters. The summed E-state index contributed by atoms with van der Waals surface area (Å²) in [6.07, 6.45) is 0. The molecule has 18 heavy (non-hydrogen) atoms. The molecule has 1 amide bonds. The van der Waals surface area contributed by atoms with E-state index >= 15 is 0 Å². The van der Waals surface area contributed by atoms with Crippen LogP contribution in [0.2, 0.25) is 0 Å². The third-order valence-electron chi connectivity index (χ3n) is 2.35. The largest absolute Gasteiger partial charge is 0.394 e. The summed E-state index contributed by atoms with van der Waals surface area (Å²) < 4.78 is 26.5. The van der Waals surface area contributed by atoms with Crippen molar-refractivity contribution in [2.75, 3.05) is 13.2 Å². The van der Waals surface area contributed by atoms with Crippen molar-refractivity contribution in [2.45, 2.75) is 12.5 Å². The van der Waals surface area contributed by atoms with E-state index in [1.54, 1.807) is 0 Å². The molecule has 0 unspecified atom stereocenters. The van der Waals surface area contributed by atoms with Crippen molar-refractivity contribution in [1.82, 2.24) is 5.32 Å². The molecular weight excluding hydrogens is 312 g/mol. The first-order chi connectivity index (χ1) is 8.33. The van der Waals surface area contributed by atoms with Crippen LogP contribution in [0, 0.1) is 11.6 Å². The van der Waals surface area contributed by atoms with Crippen molar-refractivity contribution in [3.05, 3.63) is 33.8 Å². The highest BCUT2D eigenvalue weighted by Gasteiger charge is 2.27. The van der Waals surface area contributed by atoms with Gasteiger partial charge in [-0.25, -0.2) is 8.78 Å². The van der Waals surface area contributed by atoms with E-state index < -0.39 is 41.9 Å². The molecule has 0 bridgehead atoms. The second kappa shape index (κ2) is 5.73. The summed E-state index contributed by atoms with van der Waals surface area (Å²) in [6.45, 7) is 0.303. The first-order valence-corrected chi connectivity index (χ1v) is 5.81. The summed E-state index contributed by atoms with van der Waals surface area (Å²) in [5, 5.41) is 20.3. The third kappa shape index (κ3) is 3.24. The van der Waals surface area contributed by atoms with Gasteiger partial charge in [0.2, 0.25) is 0 Å². The SMILES string of the molecule is CC(CO)(CO)NC(=O)c1cc(F)cc(Br)c1F. The van der Waals surface area contributed by atoms with Crippen LogP contribution < -0.4 is 5.32 Å². The van der Waals surface area contributed by atoms with Crippen molar-refractivity contribution in [1.29, 1.82) is 0 Å². The van der Waals surface area contributed by atoms with Crippen LogP contribution in [0.25, 0.3) is 0 Å². The van der Waals surface area contributed by atoms with Crippen LogP contribution in [0.1, 0.15) is 17.3 Å². The minimum absolute atomic E-state index is 0.178. The Balaban J connectivity index is 3.05. The Hall–Kier alpha value is -1.05. The molecule has 0 aliphatic rings. The van der Waals surface area contributed by atoms with E-state index in [1.807, 2.05) is 0 Å². The van der Waals surface area contributed by atoms with Crippen molar-refractivity contribution in [2.24, 2.45) is 0 Å². The highest BCUT2D eigenvalue weighted by Crippen LogP contribution is 2.21. The van der Waals surface area contributed by atoms with Crippen LogP contribution in [-0.4, -0.2) is 34.9 Å². The number of aliphatic hydroxyl groups is 2. The number of rotatable bonds is 4. The Kier molecular flexibility index (Phi) is 4.78. The summed E-state index contributed by atoms with van der Waals surface area (Å²) in [5.74, 6) is -2.60. The molecule has 0 aromatic heterocycles. The number of hydrogen-bond acceptors (Lipinski definition) is 3. The molecule has 1 aromatic carbocycles. The van der Waals surface area contributed by atoms with Gasteiger partial charge in [-0.05, 0) is 35.0 Å². The number of halogens is 3. The molecule has 0 saturated heterocycles. The van der Waals surface area contributed by atoms with E-state index in [1.165, 1.54) is 6.92 Å². The average Bonchev–Trinajstić information content (AvgIpc) is 2.33. The van der Waals surface area contributed by atoms with Crippen LogP contribution in [0.5, 0.6) is 0 Å². The maximum atomic E-state index is 13.6. The Bertz CT molecular complexity index is 464. The number of amides is 1. The number of carbonyl (C=O) groups is 1.